The fourth-order valence-corrected chi connectivity index (χ4v) is 7.68. The van der Waals surface area contributed by atoms with Crippen LogP contribution >= 0.6 is 0 Å². The maximum Gasteiger partial charge on any atom is 0.306 e. The van der Waals surface area contributed by atoms with Gasteiger partial charge in [0.2, 0.25) is 0 Å². The van der Waals surface area contributed by atoms with Gasteiger partial charge in [-0.1, -0.05) is 32.4 Å². The average molecular weight is 347 g/mol. The van der Waals surface area contributed by atoms with E-state index in [1.54, 1.807) is 0 Å². The lowest BCUT2D eigenvalue weighted by Gasteiger charge is -2.58. The number of fused-ring (bicyclic) bond motifs is 5. The van der Waals surface area contributed by atoms with E-state index in [4.69, 9.17) is 0 Å². The maximum atomic E-state index is 11.6. The molecule has 0 aromatic rings. The average Bonchev–Trinajstić information content (AvgIpc) is 2.92. The minimum atomic E-state index is -0.618. The molecule has 0 bridgehead atoms. The Labute approximate surface area is 151 Å². The molecule has 0 saturated heterocycles. The maximum absolute atomic E-state index is 11.6. The fraction of sp³-hybridized carbons (Fsp3) is 0.864. The molecule has 3 fully saturated rings. The molecule has 3 saturated carbocycles. The largest absolute Gasteiger partial charge is 0.481 e. The van der Waals surface area contributed by atoms with E-state index in [1.165, 1.54) is 24.8 Å². The zero-order valence-corrected chi connectivity index (χ0v) is 16.0. The number of carbonyl (C=O) groups is 1. The quantitative estimate of drug-likeness (QED) is 0.716. The predicted molar refractivity (Wildman–Crippen MR) is 98.0 cm³/mol. The molecule has 0 aromatic carbocycles. The lowest BCUT2D eigenvalue weighted by Crippen LogP contribution is -2.51. The molecule has 2 N–H and O–H groups in total. The molecule has 0 spiro atoms. The van der Waals surface area contributed by atoms with Gasteiger partial charge in [0, 0.05) is 0 Å². The van der Waals surface area contributed by atoms with Gasteiger partial charge in [-0.25, -0.2) is 0 Å². The number of carboxylic acid groups (broad SMARTS) is 1. The van der Waals surface area contributed by atoms with Gasteiger partial charge in [-0.05, 0) is 85.9 Å². The molecule has 0 aliphatic heterocycles. The summed E-state index contributed by atoms with van der Waals surface area (Å²) in [7, 11) is 0. The Balaban J connectivity index is 1.63. The third kappa shape index (κ3) is 2.44. The summed E-state index contributed by atoms with van der Waals surface area (Å²) in [6, 6.07) is 0. The third-order valence-electron chi connectivity index (χ3n) is 9.14. The van der Waals surface area contributed by atoms with Gasteiger partial charge in [0.1, 0.15) is 0 Å². The molecule has 25 heavy (non-hydrogen) atoms. The highest BCUT2D eigenvalue weighted by molar-refractivity contribution is 5.70. The third-order valence-corrected chi connectivity index (χ3v) is 9.14. The molecule has 3 nitrogen and oxygen atoms in total. The van der Waals surface area contributed by atoms with Crippen LogP contribution in [-0.2, 0) is 4.79 Å². The molecule has 0 aromatic heterocycles. The zero-order valence-electron chi connectivity index (χ0n) is 16.0. The molecular formula is C22H34O3. The van der Waals surface area contributed by atoms with E-state index in [2.05, 4.69) is 19.9 Å². The molecule has 4 aliphatic carbocycles. The Morgan fingerprint density at radius 3 is 2.64 bits per heavy atom. The first kappa shape index (κ1) is 17.6. The van der Waals surface area contributed by atoms with E-state index >= 15 is 0 Å². The molecule has 4 aliphatic rings. The second kappa shape index (κ2) is 5.84. The second-order valence-corrected chi connectivity index (χ2v) is 10.0. The number of hydrogen-bond acceptors (Lipinski definition) is 2. The van der Waals surface area contributed by atoms with Crippen LogP contribution in [0.1, 0.15) is 72.1 Å². The fourth-order valence-electron chi connectivity index (χ4n) is 7.68. The van der Waals surface area contributed by atoms with Crippen LogP contribution in [-0.4, -0.2) is 22.3 Å². The van der Waals surface area contributed by atoms with Gasteiger partial charge in [0.15, 0.2) is 0 Å². The van der Waals surface area contributed by atoms with E-state index in [0.29, 0.717) is 17.8 Å². The molecular weight excluding hydrogens is 312 g/mol. The Morgan fingerprint density at radius 1 is 1.16 bits per heavy atom. The van der Waals surface area contributed by atoms with Crippen molar-refractivity contribution in [1.29, 1.82) is 0 Å². The summed E-state index contributed by atoms with van der Waals surface area (Å²) in [5.41, 5.74) is 2.00. The lowest BCUT2D eigenvalue weighted by atomic mass is 9.47. The molecule has 0 amide bonds. The van der Waals surface area contributed by atoms with Gasteiger partial charge in [-0.15, -0.1) is 0 Å². The van der Waals surface area contributed by atoms with Crippen LogP contribution < -0.4 is 0 Å². The van der Waals surface area contributed by atoms with Crippen molar-refractivity contribution in [2.45, 2.75) is 78.2 Å². The van der Waals surface area contributed by atoms with E-state index < -0.39 is 5.97 Å². The summed E-state index contributed by atoms with van der Waals surface area (Å²) >= 11 is 0. The first-order valence-corrected chi connectivity index (χ1v) is 10.4. The van der Waals surface area contributed by atoms with Gasteiger partial charge < -0.3 is 10.2 Å². The summed E-state index contributed by atoms with van der Waals surface area (Å²) in [5, 5.41) is 19.7. The molecule has 140 valence electrons. The number of aliphatic hydroxyl groups is 1. The number of allylic oxidation sites excluding steroid dienone is 1. The number of carboxylic acids is 1. The van der Waals surface area contributed by atoms with E-state index in [9.17, 15) is 15.0 Å². The van der Waals surface area contributed by atoms with Crippen molar-refractivity contribution >= 4 is 5.97 Å². The predicted octanol–water partition coefficient (Wildman–Crippen LogP) is 4.65. The van der Waals surface area contributed by atoms with Crippen LogP contribution in [0, 0.1) is 40.4 Å². The van der Waals surface area contributed by atoms with E-state index in [-0.39, 0.29) is 22.9 Å². The van der Waals surface area contributed by atoms with E-state index in [0.717, 1.165) is 38.0 Å². The molecule has 0 radical (unpaired) electrons. The smallest absolute Gasteiger partial charge is 0.306 e. The topological polar surface area (TPSA) is 57.5 Å². The van der Waals surface area contributed by atoms with Crippen LogP contribution in [0.15, 0.2) is 11.6 Å². The molecule has 4 rings (SSSR count). The van der Waals surface area contributed by atoms with Gasteiger partial charge in [-0.2, -0.15) is 0 Å². The Morgan fingerprint density at radius 2 is 1.92 bits per heavy atom. The van der Waals surface area contributed by atoms with Crippen molar-refractivity contribution < 1.29 is 15.0 Å². The number of aliphatic hydroxyl groups excluding tert-OH is 1. The van der Waals surface area contributed by atoms with Crippen molar-refractivity contribution in [2.75, 3.05) is 0 Å². The first-order valence-electron chi connectivity index (χ1n) is 10.4. The highest BCUT2D eigenvalue weighted by Crippen LogP contribution is 2.67. The lowest BCUT2D eigenvalue weighted by molar-refractivity contribution is -0.146. The minimum absolute atomic E-state index is 0.142. The van der Waals surface area contributed by atoms with Crippen molar-refractivity contribution in [3.63, 3.8) is 0 Å². The van der Waals surface area contributed by atoms with Gasteiger partial charge >= 0.3 is 5.97 Å². The highest BCUT2D eigenvalue weighted by atomic mass is 16.4. The van der Waals surface area contributed by atoms with Crippen molar-refractivity contribution in [2.24, 2.45) is 40.4 Å². The normalized spacial score (nSPS) is 50.2. The van der Waals surface area contributed by atoms with Crippen LogP contribution in [0.4, 0.5) is 0 Å². The van der Waals surface area contributed by atoms with Crippen LogP contribution in [0.2, 0.25) is 0 Å². The second-order valence-electron chi connectivity index (χ2n) is 10.0. The molecule has 0 heterocycles. The van der Waals surface area contributed by atoms with Crippen molar-refractivity contribution in [1.82, 2.24) is 0 Å². The van der Waals surface area contributed by atoms with Gasteiger partial charge in [-0.3, -0.25) is 4.79 Å². The van der Waals surface area contributed by atoms with Gasteiger partial charge in [0.05, 0.1) is 12.0 Å². The monoisotopic (exact) mass is 346 g/mol. The number of aliphatic carboxylic acids is 1. The van der Waals surface area contributed by atoms with Crippen molar-refractivity contribution in [3.05, 3.63) is 11.6 Å². The number of hydrogen-bond donors (Lipinski definition) is 2. The number of rotatable bonds is 2. The minimum Gasteiger partial charge on any atom is -0.481 e. The Hall–Kier alpha value is -0.830. The summed E-state index contributed by atoms with van der Waals surface area (Å²) in [6.45, 7) is 6.78. The van der Waals surface area contributed by atoms with Crippen LogP contribution in [0.25, 0.3) is 0 Å². The Bertz CT molecular complexity index is 596. The summed E-state index contributed by atoms with van der Waals surface area (Å²) in [4.78, 5) is 11.6. The van der Waals surface area contributed by atoms with E-state index in [1.807, 2.05) is 6.92 Å². The molecule has 0 unspecified atom stereocenters. The molecule has 3 heteroatoms. The van der Waals surface area contributed by atoms with Gasteiger partial charge in [0.25, 0.3) is 0 Å². The summed E-state index contributed by atoms with van der Waals surface area (Å²) in [5.74, 6) is 1.63. The molecule has 8 atom stereocenters. The highest BCUT2D eigenvalue weighted by Gasteiger charge is 2.59. The standard InChI is InChI=1S/C22H34O3/c1-13(20(24)25)17-6-7-18-16-5-4-14-12-15(23)8-10-21(14,2)19(16)9-11-22(17,18)3/h4,13,15-19,23H,5-12H2,1-3H3,(H,24,25)/t13-,15-,16+,17-,18+,19+,21+,22-/m1/s1. The summed E-state index contributed by atoms with van der Waals surface area (Å²) < 4.78 is 0. The first-order chi connectivity index (χ1) is 11.8. The van der Waals surface area contributed by atoms with Crippen LogP contribution in [0.5, 0.6) is 0 Å². The summed E-state index contributed by atoms with van der Waals surface area (Å²) in [6.07, 6.45) is 11.1. The zero-order chi connectivity index (χ0) is 18.0. The SMILES string of the molecule is C[C@@H](C(=O)O)[C@H]1CC[C@H]2[C@@H]3CC=C4C[C@H](O)CC[C@]4(C)[C@H]3CC[C@]12C. The van der Waals surface area contributed by atoms with Crippen molar-refractivity contribution in [3.8, 4) is 0 Å². The van der Waals surface area contributed by atoms with Crippen LogP contribution in [0.3, 0.4) is 0 Å². The Kier molecular flexibility index (Phi) is 4.10.